The van der Waals surface area contributed by atoms with Gasteiger partial charge in [0.2, 0.25) is 10.0 Å². The number of likely N-dealkylation sites (N-methyl/N-ethyl adjacent to an activating group) is 1. The quantitative estimate of drug-likeness (QED) is 0.362. The fourth-order valence-electron chi connectivity index (χ4n) is 4.09. The molecule has 16 heteroatoms. The van der Waals surface area contributed by atoms with Crippen LogP contribution < -0.4 is 10.3 Å². The lowest BCUT2D eigenvalue weighted by Crippen LogP contribution is -2.47. The smallest absolute Gasteiger partial charge is 0.277 e. The molecular weight excluding hydrogens is 552 g/mol. The number of rotatable bonds is 7. The summed E-state index contributed by atoms with van der Waals surface area (Å²) in [6, 6.07) is 4.71. The van der Waals surface area contributed by atoms with Crippen LogP contribution in [0.2, 0.25) is 0 Å². The molecule has 2 aromatic heterocycles. The Bertz CT molecular complexity index is 1550. The largest absolute Gasteiger partial charge is 0.493 e. The fraction of sp³-hybridized carbons (Fsp3) is 0.522. The molecule has 3 heterocycles. The summed E-state index contributed by atoms with van der Waals surface area (Å²) in [5, 5.41) is 4.45. The second kappa shape index (κ2) is 13.0. The van der Waals surface area contributed by atoms with E-state index >= 15 is 0 Å². The van der Waals surface area contributed by atoms with E-state index in [2.05, 4.69) is 15.0 Å². The van der Waals surface area contributed by atoms with Crippen LogP contribution in [0.3, 0.4) is 0 Å². The van der Waals surface area contributed by atoms with Crippen LogP contribution in [0.1, 0.15) is 26.0 Å². The van der Waals surface area contributed by atoms with Crippen LogP contribution in [0, 0.1) is 0 Å². The van der Waals surface area contributed by atoms with E-state index in [9.17, 15) is 21.6 Å². The lowest BCUT2D eigenvalue weighted by Gasteiger charge is -2.31. The lowest BCUT2D eigenvalue weighted by atomic mass is 10.1. The number of benzene rings is 1. The Morgan fingerprint density at radius 3 is 2.26 bits per heavy atom. The van der Waals surface area contributed by atoms with Crippen molar-refractivity contribution < 1.29 is 31.6 Å². The van der Waals surface area contributed by atoms with Gasteiger partial charge in [0, 0.05) is 33.2 Å². The summed E-state index contributed by atoms with van der Waals surface area (Å²) in [6.07, 6.45) is 2.26. The first-order valence-electron chi connectivity index (χ1n) is 12.1. The molecule has 0 unspecified atom stereocenters. The van der Waals surface area contributed by atoms with E-state index in [1.165, 1.54) is 8.99 Å². The number of H-pyrrole nitrogens is 1. The van der Waals surface area contributed by atoms with Gasteiger partial charge < -0.3 is 20.1 Å². The zero-order valence-electron chi connectivity index (χ0n) is 22.6. The first kappa shape index (κ1) is 32.3. The summed E-state index contributed by atoms with van der Waals surface area (Å²) in [4.78, 5) is 22.7. The van der Waals surface area contributed by atoms with Crippen molar-refractivity contribution in [2.45, 2.75) is 31.6 Å². The monoisotopic (exact) mass is 588 g/mol. The number of aromatic nitrogens is 4. The number of hydrogen-bond donors (Lipinski definition) is 2. The van der Waals surface area contributed by atoms with Gasteiger partial charge in [0.05, 0.1) is 29.0 Å². The standard InChI is InChI=1S/C22H30N6O4S.CH4O3S.H2O/c1-5-7-17-19-20(27(4)25-17)22(29)24-21(23-19)16-14-15(8-9-18(16)32-6-2)33(30,31)28-12-10-26(3)11-13-28;1-5(2,3)4;/h8-9,14H,5-7,10-13H2,1-4H3,(H,23,24,29);1H3,(H,2,3,4);1H2. The number of hydrogen-bond acceptors (Lipinski definition) is 9. The molecular formula is C23H36N6O8S2. The van der Waals surface area contributed by atoms with E-state index in [4.69, 9.17) is 14.3 Å². The first-order valence-corrected chi connectivity index (χ1v) is 15.4. The molecule has 3 aromatic rings. The van der Waals surface area contributed by atoms with Crippen molar-refractivity contribution in [3.63, 3.8) is 0 Å². The minimum absolute atomic E-state index is 0. The molecule has 1 fully saturated rings. The van der Waals surface area contributed by atoms with E-state index in [0.717, 1.165) is 12.1 Å². The van der Waals surface area contributed by atoms with Crippen LogP contribution >= 0.6 is 0 Å². The summed E-state index contributed by atoms with van der Waals surface area (Å²) in [7, 11) is -3.67. The van der Waals surface area contributed by atoms with Gasteiger partial charge >= 0.3 is 0 Å². The minimum atomic E-state index is -3.70. The van der Waals surface area contributed by atoms with Crippen molar-refractivity contribution in [3.05, 3.63) is 34.2 Å². The Morgan fingerprint density at radius 1 is 1.08 bits per heavy atom. The molecule has 0 spiro atoms. The summed E-state index contributed by atoms with van der Waals surface area (Å²) >= 11 is 0. The van der Waals surface area contributed by atoms with Gasteiger partial charge in [0.1, 0.15) is 17.1 Å². The molecule has 0 aliphatic carbocycles. The van der Waals surface area contributed by atoms with E-state index in [1.54, 1.807) is 25.2 Å². The number of aromatic amines is 1. The zero-order chi connectivity index (χ0) is 28.3. The number of aryl methyl sites for hydroxylation is 2. The summed E-state index contributed by atoms with van der Waals surface area (Å²) in [5.41, 5.74) is 1.75. The molecule has 0 saturated carbocycles. The van der Waals surface area contributed by atoms with Gasteiger partial charge in [-0.2, -0.15) is 17.8 Å². The van der Waals surface area contributed by atoms with Crippen LogP contribution in [-0.4, -0.2) is 102 Å². The number of sulfonamides is 1. The molecule has 1 aromatic carbocycles. The number of piperazine rings is 1. The van der Waals surface area contributed by atoms with Gasteiger partial charge in [0.25, 0.3) is 15.7 Å². The molecule has 14 nitrogen and oxygen atoms in total. The Labute approximate surface area is 227 Å². The molecule has 0 atom stereocenters. The molecule has 1 aliphatic rings. The Hall–Kier alpha value is -2.89. The van der Waals surface area contributed by atoms with E-state index in [-0.39, 0.29) is 21.8 Å². The van der Waals surface area contributed by atoms with Crippen LogP contribution in [-0.2, 0) is 33.6 Å². The van der Waals surface area contributed by atoms with Crippen molar-refractivity contribution in [1.82, 2.24) is 29.0 Å². The molecule has 0 radical (unpaired) electrons. The summed E-state index contributed by atoms with van der Waals surface area (Å²) < 4.78 is 61.3. The maximum Gasteiger partial charge on any atom is 0.277 e. The number of ether oxygens (including phenoxy) is 1. The molecule has 4 rings (SSSR count). The first-order chi connectivity index (χ1) is 17.8. The average Bonchev–Trinajstić information content (AvgIpc) is 3.14. The maximum atomic E-state index is 13.3. The number of nitrogens with zero attached hydrogens (tertiary/aromatic N) is 5. The minimum Gasteiger partial charge on any atom is -0.493 e. The van der Waals surface area contributed by atoms with Gasteiger partial charge in [-0.05, 0) is 38.6 Å². The molecule has 0 bridgehead atoms. The topological polar surface area (TPSA) is 199 Å². The average molecular weight is 589 g/mol. The molecule has 1 aliphatic heterocycles. The lowest BCUT2D eigenvalue weighted by molar-refractivity contribution is 0.222. The molecule has 39 heavy (non-hydrogen) atoms. The fourth-order valence-corrected chi connectivity index (χ4v) is 5.54. The van der Waals surface area contributed by atoms with Crippen molar-refractivity contribution in [3.8, 4) is 17.1 Å². The van der Waals surface area contributed by atoms with Gasteiger partial charge in [-0.25, -0.2) is 13.4 Å². The SMILES string of the molecule is CCCc1nn(C)c2c(=O)[nH]c(-c3cc(S(=O)(=O)N4CCN(C)CC4)ccc3OCC)nc12.CS(=O)(=O)O.O. The predicted octanol–water partition coefficient (Wildman–Crippen LogP) is 0.290. The third-order valence-corrected chi connectivity index (χ3v) is 7.75. The molecule has 1 saturated heterocycles. The molecule has 4 N–H and O–H groups in total. The van der Waals surface area contributed by atoms with Gasteiger partial charge in [-0.15, -0.1) is 0 Å². The second-order valence-electron chi connectivity index (χ2n) is 8.96. The second-order valence-corrected chi connectivity index (χ2v) is 12.4. The van der Waals surface area contributed by atoms with Gasteiger partial charge in [-0.3, -0.25) is 14.0 Å². The van der Waals surface area contributed by atoms with E-state index in [1.807, 2.05) is 20.9 Å². The van der Waals surface area contributed by atoms with E-state index in [0.29, 0.717) is 67.8 Å². The highest BCUT2D eigenvalue weighted by atomic mass is 32.2. The summed E-state index contributed by atoms with van der Waals surface area (Å²) in [5.74, 6) is 0.718. The Morgan fingerprint density at radius 2 is 1.69 bits per heavy atom. The van der Waals surface area contributed by atoms with Crippen LogP contribution in [0.5, 0.6) is 5.75 Å². The van der Waals surface area contributed by atoms with Gasteiger partial charge in [-0.1, -0.05) is 13.3 Å². The highest BCUT2D eigenvalue weighted by Gasteiger charge is 2.29. The highest BCUT2D eigenvalue weighted by molar-refractivity contribution is 7.89. The Kier molecular flexibility index (Phi) is 10.8. The Balaban J connectivity index is 0.000000816. The normalized spacial score (nSPS) is 14.9. The number of fused-ring (bicyclic) bond motifs is 1. The predicted molar refractivity (Wildman–Crippen MR) is 147 cm³/mol. The zero-order valence-corrected chi connectivity index (χ0v) is 24.3. The summed E-state index contributed by atoms with van der Waals surface area (Å²) in [6.45, 7) is 6.48. The van der Waals surface area contributed by atoms with Crippen LogP contribution in [0.15, 0.2) is 27.9 Å². The maximum absolute atomic E-state index is 13.3. The van der Waals surface area contributed by atoms with E-state index < -0.39 is 20.1 Å². The number of nitrogens with one attached hydrogen (secondary N) is 1. The third-order valence-electron chi connectivity index (χ3n) is 5.86. The molecule has 0 amide bonds. The van der Waals surface area contributed by atoms with Crippen LogP contribution in [0.25, 0.3) is 22.4 Å². The van der Waals surface area contributed by atoms with Crippen molar-refractivity contribution in [1.29, 1.82) is 0 Å². The van der Waals surface area contributed by atoms with Crippen molar-refractivity contribution in [2.24, 2.45) is 7.05 Å². The molecule has 218 valence electrons. The highest BCUT2D eigenvalue weighted by Crippen LogP contribution is 2.32. The third kappa shape index (κ3) is 7.83. The van der Waals surface area contributed by atoms with Crippen molar-refractivity contribution in [2.75, 3.05) is 46.1 Å². The van der Waals surface area contributed by atoms with Gasteiger partial charge in [0.15, 0.2) is 5.52 Å². The van der Waals surface area contributed by atoms with Crippen LogP contribution in [0.4, 0.5) is 0 Å². The van der Waals surface area contributed by atoms with Crippen molar-refractivity contribution >= 4 is 31.2 Å².